The fraction of sp³-hybridized carbons (Fsp3) is 0.450. The van der Waals surface area contributed by atoms with E-state index in [1.54, 1.807) is 12.4 Å². The second-order valence-electron chi connectivity index (χ2n) is 7.01. The van der Waals surface area contributed by atoms with E-state index in [9.17, 15) is 4.79 Å². The van der Waals surface area contributed by atoms with Crippen molar-refractivity contribution in [3.8, 4) is 0 Å². The maximum Gasteiger partial charge on any atom is 0.274 e. The van der Waals surface area contributed by atoms with Crippen LogP contribution in [0.3, 0.4) is 0 Å². The smallest absolute Gasteiger partial charge is 0.274 e. The second kappa shape index (κ2) is 7.72. The molecule has 4 rings (SSSR count). The number of anilines is 3. The van der Waals surface area contributed by atoms with E-state index in [-0.39, 0.29) is 5.91 Å². The third kappa shape index (κ3) is 3.79. The largest absolute Gasteiger partial charge is 0.372 e. The lowest BCUT2D eigenvalue weighted by Gasteiger charge is -2.28. The Morgan fingerprint density at radius 3 is 2.19 bits per heavy atom. The minimum Gasteiger partial charge on any atom is -0.372 e. The summed E-state index contributed by atoms with van der Waals surface area (Å²) in [5.41, 5.74) is 2.66. The molecule has 1 N–H and O–H groups in total. The highest BCUT2D eigenvalue weighted by molar-refractivity contribution is 5.92. The van der Waals surface area contributed by atoms with Crippen LogP contribution in [0, 0.1) is 0 Å². The van der Waals surface area contributed by atoms with Gasteiger partial charge in [0.1, 0.15) is 11.5 Å². The SMILES string of the molecule is O=C(c1cnc(Nc2ccc(N3CCCCC3)cc2)cn1)N1CCCC1. The summed E-state index contributed by atoms with van der Waals surface area (Å²) in [6, 6.07) is 8.42. The Morgan fingerprint density at radius 2 is 1.54 bits per heavy atom. The number of rotatable bonds is 4. The summed E-state index contributed by atoms with van der Waals surface area (Å²) >= 11 is 0. The molecule has 0 spiro atoms. The lowest BCUT2D eigenvalue weighted by molar-refractivity contribution is 0.0786. The topological polar surface area (TPSA) is 61.4 Å². The van der Waals surface area contributed by atoms with Gasteiger partial charge in [-0.3, -0.25) is 4.79 Å². The zero-order valence-corrected chi connectivity index (χ0v) is 15.0. The molecule has 6 nitrogen and oxygen atoms in total. The molecule has 0 saturated carbocycles. The van der Waals surface area contributed by atoms with Gasteiger partial charge in [0, 0.05) is 37.6 Å². The highest BCUT2D eigenvalue weighted by Gasteiger charge is 2.20. The lowest BCUT2D eigenvalue weighted by atomic mass is 10.1. The Balaban J connectivity index is 1.38. The molecule has 0 aliphatic carbocycles. The minimum absolute atomic E-state index is 0.0209. The highest BCUT2D eigenvalue weighted by Crippen LogP contribution is 2.23. The van der Waals surface area contributed by atoms with Crippen molar-refractivity contribution in [2.45, 2.75) is 32.1 Å². The van der Waals surface area contributed by atoms with Crippen LogP contribution in [0.5, 0.6) is 0 Å². The number of hydrogen-bond donors (Lipinski definition) is 1. The van der Waals surface area contributed by atoms with E-state index in [0.717, 1.165) is 44.7 Å². The molecule has 0 unspecified atom stereocenters. The lowest BCUT2D eigenvalue weighted by Crippen LogP contribution is -2.29. The molecule has 2 aliphatic heterocycles. The minimum atomic E-state index is -0.0209. The third-order valence-corrected chi connectivity index (χ3v) is 5.13. The van der Waals surface area contributed by atoms with Crippen molar-refractivity contribution in [1.82, 2.24) is 14.9 Å². The summed E-state index contributed by atoms with van der Waals surface area (Å²) < 4.78 is 0. The summed E-state index contributed by atoms with van der Waals surface area (Å²) in [6.45, 7) is 3.93. The first-order chi connectivity index (χ1) is 12.8. The van der Waals surface area contributed by atoms with Crippen LogP contribution in [0.1, 0.15) is 42.6 Å². The number of carbonyl (C=O) groups is 1. The zero-order valence-electron chi connectivity index (χ0n) is 15.0. The molecule has 6 heteroatoms. The average Bonchev–Trinajstić information content (AvgIpc) is 3.24. The van der Waals surface area contributed by atoms with Gasteiger partial charge in [-0.2, -0.15) is 0 Å². The van der Waals surface area contributed by atoms with Crippen LogP contribution >= 0.6 is 0 Å². The maximum absolute atomic E-state index is 12.3. The van der Waals surface area contributed by atoms with Crippen molar-refractivity contribution in [1.29, 1.82) is 0 Å². The van der Waals surface area contributed by atoms with Gasteiger partial charge in [0.25, 0.3) is 5.91 Å². The Morgan fingerprint density at radius 1 is 0.846 bits per heavy atom. The first-order valence-corrected chi connectivity index (χ1v) is 9.53. The van der Waals surface area contributed by atoms with E-state index >= 15 is 0 Å². The predicted octanol–water partition coefficient (Wildman–Crippen LogP) is 3.45. The van der Waals surface area contributed by atoms with Crippen molar-refractivity contribution in [3.05, 3.63) is 42.4 Å². The summed E-state index contributed by atoms with van der Waals surface area (Å²) in [5, 5.41) is 3.25. The molecule has 2 fully saturated rings. The number of aromatic nitrogens is 2. The van der Waals surface area contributed by atoms with E-state index in [2.05, 4.69) is 44.5 Å². The maximum atomic E-state index is 12.3. The van der Waals surface area contributed by atoms with E-state index in [4.69, 9.17) is 0 Å². The Kier molecular flexibility index (Phi) is 5.00. The van der Waals surface area contributed by atoms with Crippen LogP contribution in [-0.2, 0) is 0 Å². The monoisotopic (exact) mass is 351 g/mol. The summed E-state index contributed by atoms with van der Waals surface area (Å²) in [6.07, 6.45) is 9.23. The normalized spacial score (nSPS) is 17.4. The standard InChI is InChI=1S/C20H25N5O/c26-20(25-12-4-5-13-25)18-14-22-19(15-21-18)23-16-6-8-17(9-7-16)24-10-2-1-3-11-24/h6-9,14-15H,1-5,10-13H2,(H,22,23). The van der Waals surface area contributed by atoms with E-state index in [1.165, 1.54) is 24.9 Å². The quantitative estimate of drug-likeness (QED) is 0.914. The number of carbonyl (C=O) groups excluding carboxylic acids is 1. The summed E-state index contributed by atoms with van der Waals surface area (Å²) in [5.74, 6) is 0.626. The molecule has 1 amide bonds. The Bertz CT molecular complexity index is 732. The van der Waals surface area contributed by atoms with E-state index in [1.807, 2.05) is 4.90 Å². The van der Waals surface area contributed by atoms with Gasteiger partial charge in [0.2, 0.25) is 0 Å². The van der Waals surface area contributed by atoms with Crippen molar-refractivity contribution in [3.63, 3.8) is 0 Å². The molecule has 0 bridgehead atoms. The van der Waals surface area contributed by atoms with Gasteiger partial charge >= 0.3 is 0 Å². The number of piperidine rings is 1. The van der Waals surface area contributed by atoms with Crippen molar-refractivity contribution in [2.75, 3.05) is 36.4 Å². The summed E-state index contributed by atoms with van der Waals surface area (Å²) in [7, 11) is 0. The molecule has 3 heterocycles. The fourth-order valence-electron chi connectivity index (χ4n) is 3.64. The number of likely N-dealkylation sites (tertiary alicyclic amines) is 1. The van der Waals surface area contributed by atoms with Gasteiger partial charge in [-0.1, -0.05) is 0 Å². The van der Waals surface area contributed by atoms with Gasteiger partial charge in [-0.25, -0.2) is 9.97 Å². The van der Waals surface area contributed by atoms with Crippen LogP contribution in [0.15, 0.2) is 36.7 Å². The molecule has 1 aromatic carbocycles. The number of amides is 1. The van der Waals surface area contributed by atoms with Crippen molar-refractivity contribution in [2.24, 2.45) is 0 Å². The van der Waals surface area contributed by atoms with Gasteiger partial charge in [0.05, 0.1) is 12.4 Å². The van der Waals surface area contributed by atoms with Crippen LogP contribution < -0.4 is 10.2 Å². The molecule has 1 aromatic heterocycles. The second-order valence-corrected chi connectivity index (χ2v) is 7.01. The molecule has 2 aliphatic rings. The number of benzene rings is 1. The predicted molar refractivity (Wildman–Crippen MR) is 103 cm³/mol. The first-order valence-electron chi connectivity index (χ1n) is 9.53. The molecule has 0 radical (unpaired) electrons. The van der Waals surface area contributed by atoms with Gasteiger partial charge in [0.15, 0.2) is 0 Å². The van der Waals surface area contributed by atoms with Crippen LogP contribution in [0.25, 0.3) is 0 Å². The Labute approximate surface area is 154 Å². The molecular weight excluding hydrogens is 326 g/mol. The molecule has 136 valence electrons. The third-order valence-electron chi connectivity index (χ3n) is 5.13. The molecule has 2 saturated heterocycles. The first kappa shape index (κ1) is 16.8. The van der Waals surface area contributed by atoms with Gasteiger partial charge in [-0.05, 0) is 56.4 Å². The van der Waals surface area contributed by atoms with Gasteiger partial charge < -0.3 is 15.1 Å². The van der Waals surface area contributed by atoms with Crippen molar-refractivity contribution >= 4 is 23.1 Å². The number of nitrogens with zero attached hydrogens (tertiary/aromatic N) is 4. The van der Waals surface area contributed by atoms with Crippen LogP contribution in [0.4, 0.5) is 17.2 Å². The molecule has 26 heavy (non-hydrogen) atoms. The highest BCUT2D eigenvalue weighted by atomic mass is 16.2. The summed E-state index contributed by atoms with van der Waals surface area (Å²) in [4.78, 5) is 25.2. The zero-order chi connectivity index (χ0) is 17.8. The van der Waals surface area contributed by atoms with Crippen LogP contribution in [-0.4, -0.2) is 47.0 Å². The van der Waals surface area contributed by atoms with E-state index < -0.39 is 0 Å². The van der Waals surface area contributed by atoms with Crippen molar-refractivity contribution < 1.29 is 4.79 Å². The van der Waals surface area contributed by atoms with Gasteiger partial charge in [-0.15, -0.1) is 0 Å². The molecule has 0 atom stereocenters. The average molecular weight is 351 g/mol. The Hall–Kier alpha value is -2.63. The fourth-order valence-corrected chi connectivity index (χ4v) is 3.64. The number of nitrogens with one attached hydrogen (secondary N) is 1. The van der Waals surface area contributed by atoms with E-state index in [0.29, 0.717) is 11.5 Å². The number of hydrogen-bond acceptors (Lipinski definition) is 5. The molecular formula is C20H25N5O. The van der Waals surface area contributed by atoms with Crippen LogP contribution in [0.2, 0.25) is 0 Å². The molecule has 2 aromatic rings.